The van der Waals surface area contributed by atoms with E-state index in [2.05, 4.69) is 20.3 Å². The van der Waals surface area contributed by atoms with Crippen molar-refractivity contribution in [2.75, 3.05) is 18.2 Å². The molecule has 0 aliphatic rings. The number of hydrogen-bond donors (Lipinski definition) is 2. The molecule has 0 spiro atoms. The van der Waals surface area contributed by atoms with Crippen molar-refractivity contribution < 1.29 is 9.13 Å². The predicted molar refractivity (Wildman–Crippen MR) is 74.0 cm³/mol. The van der Waals surface area contributed by atoms with Crippen molar-refractivity contribution in [1.82, 2.24) is 15.0 Å². The van der Waals surface area contributed by atoms with E-state index in [9.17, 15) is 4.39 Å². The molecule has 1 aromatic heterocycles. The van der Waals surface area contributed by atoms with Crippen LogP contribution in [0.4, 0.5) is 16.3 Å². The molecule has 2 aromatic rings. The van der Waals surface area contributed by atoms with Crippen molar-refractivity contribution in [3.05, 3.63) is 34.6 Å². The summed E-state index contributed by atoms with van der Waals surface area (Å²) in [7, 11) is 1.45. The van der Waals surface area contributed by atoms with Gasteiger partial charge in [-0.15, -0.1) is 0 Å². The molecule has 0 fully saturated rings. The number of aromatic nitrogens is 3. The number of halogens is 1. The maximum atomic E-state index is 13.5. The Balaban J connectivity index is 2.14. The summed E-state index contributed by atoms with van der Waals surface area (Å²) in [6, 6.07) is 3.69. The second kappa shape index (κ2) is 5.68. The Hall–Kier alpha value is -2.44. The lowest BCUT2D eigenvalue weighted by molar-refractivity contribution is 0.379. The van der Waals surface area contributed by atoms with Crippen LogP contribution in [0.15, 0.2) is 12.1 Å². The van der Waals surface area contributed by atoms with Gasteiger partial charge in [-0.2, -0.15) is 15.0 Å². The molecule has 7 heteroatoms. The average molecular weight is 277 g/mol. The predicted octanol–water partition coefficient (Wildman–Crippen LogP) is 1.83. The van der Waals surface area contributed by atoms with Gasteiger partial charge in [0.2, 0.25) is 11.9 Å². The van der Waals surface area contributed by atoms with Gasteiger partial charge in [0.05, 0.1) is 7.11 Å². The Kier molecular flexibility index (Phi) is 3.97. The molecule has 1 aromatic carbocycles. The van der Waals surface area contributed by atoms with E-state index in [1.807, 2.05) is 0 Å². The third-order valence-corrected chi connectivity index (χ3v) is 2.76. The van der Waals surface area contributed by atoms with Crippen molar-refractivity contribution in [2.24, 2.45) is 0 Å². The van der Waals surface area contributed by atoms with Crippen molar-refractivity contribution in [3.8, 4) is 6.01 Å². The van der Waals surface area contributed by atoms with Crippen molar-refractivity contribution >= 4 is 11.9 Å². The fraction of sp³-hybridized carbons (Fsp3) is 0.308. The zero-order valence-corrected chi connectivity index (χ0v) is 11.6. The maximum Gasteiger partial charge on any atom is 0.322 e. The van der Waals surface area contributed by atoms with Gasteiger partial charge < -0.3 is 15.8 Å². The molecule has 0 unspecified atom stereocenters. The Morgan fingerprint density at radius 2 is 1.85 bits per heavy atom. The van der Waals surface area contributed by atoms with Crippen LogP contribution < -0.4 is 15.8 Å². The van der Waals surface area contributed by atoms with Crippen LogP contribution >= 0.6 is 0 Å². The molecule has 0 saturated carbocycles. The quantitative estimate of drug-likeness (QED) is 0.886. The number of nitrogens with two attached hydrogens (primary N) is 1. The van der Waals surface area contributed by atoms with E-state index in [0.717, 1.165) is 5.56 Å². The summed E-state index contributed by atoms with van der Waals surface area (Å²) in [5, 5.41) is 3.01. The number of hydrogen-bond acceptors (Lipinski definition) is 6. The minimum atomic E-state index is -0.181. The van der Waals surface area contributed by atoms with Gasteiger partial charge in [0.25, 0.3) is 0 Å². The largest absolute Gasteiger partial charge is 0.467 e. The highest BCUT2D eigenvalue weighted by atomic mass is 19.1. The number of nitrogen functional groups attached to an aromatic ring is 1. The average Bonchev–Trinajstić information content (AvgIpc) is 2.41. The lowest BCUT2D eigenvalue weighted by atomic mass is 10.1. The SMILES string of the molecule is COc1nc(N)nc(NCc2cc(C)c(F)c(C)c2)n1. The highest BCUT2D eigenvalue weighted by molar-refractivity contribution is 5.36. The third-order valence-electron chi connectivity index (χ3n) is 2.76. The molecule has 0 aliphatic heterocycles. The van der Waals surface area contributed by atoms with Crippen LogP contribution in [0.2, 0.25) is 0 Å². The van der Waals surface area contributed by atoms with Crippen molar-refractivity contribution in [2.45, 2.75) is 20.4 Å². The van der Waals surface area contributed by atoms with Crippen LogP contribution in [-0.2, 0) is 6.54 Å². The molecule has 0 saturated heterocycles. The van der Waals surface area contributed by atoms with Crippen LogP contribution in [-0.4, -0.2) is 22.1 Å². The van der Waals surface area contributed by atoms with Crippen molar-refractivity contribution in [1.29, 1.82) is 0 Å². The van der Waals surface area contributed by atoms with Gasteiger partial charge in [0.15, 0.2) is 0 Å². The van der Waals surface area contributed by atoms with E-state index in [1.54, 1.807) is 26.0 Å². The number of methoxy groups -OCH3 is 1. The highest BCUT2D eigenvalue weighted by Crippen LogP contribution is 2.16. The summed E-state index contributed by atoms with van der Waals surface area (Å²) in [5.74, 6) is 0.208. The molecule has 6 nitrogen and oxygen atoms in total. The first-order valence-electron chi connectivity index (χ1n) is 6.04. The first-order chi connectivity index (χ1) is 9.49. The number of nitrogens with one attached hydrogen (secondary N) is 1. The molecule has 0 bridgehead atoms. The Morgan fingerprint density at radius 1 is 1.20 bits per heavy atom. The lowest BCUT2D eigenvalue weighted by Crippen LogP contribution is -2.08. The fourth-order valence-electron chi connectivity index (χ4n) is 1.86. The molecule has 0 radical (unpaired) electrons. The monoisotopic (exact) mass is 277 g/mol. The van der Waals surface area contributed by atoms with Crippen LogP contribution in [0.1, 0.15) is 16.7 Å². The Labute approximate surface area is 116 Å². The summed E-state index contributed by atoms with van der Waals surface area (Å²) in [4.78, 5) is 11.8. The van der Waals surface area contributed by atoms with Crippen LogP contribution in [0, 0.1) is 19.7 Å². The number of aryl methyl sites for hydroxylation is 2. The van der Waals surface area contributed by atoms with E-state index < -0.39 is 0 Å². The number of benzene rings is 1. The van der Waals surface area contributed by atoms with Crippen molar-refractivity contribution in [3.63, 3.8) is 0 Å². The molecule has 0 amide bonds. The fourth-order valence-corrected chi connectivity index (χ4v) is 1.86. The number of nitrogens with zero attached hydrogens (tertiary/aromatic N) is 3. The summed E-state index contributed by atoms with van der Waals surface area (Å²) >= 11 is 0. The summed E-state index contributed by atoms with van der Waals surface area (Å²) in [6.07, 6.45) is 0. The van der Waals surface area contributed by atoms with E-state index in [4.69, 9.17) is 10.5 Å². The van der Waals surface area contributed by atoms with Gasteiger partial charge in [-0.05, 0) is 30.5 Å². The van der Waals surface area contributed by atoms with Gasteiger partial charge in [-0.1, -0.05) is 12.1 Å². The topological polar surface area (TPSA) is 86.0 Å². The minimum absolute atomic E-state index is 0.0748. The van der Waals surface area contributed by atoms with Gasteiger partial charge in [0, 0.05) is 6.54 Å². The summed E-state index contributed by atoms with van der Waals surface area (Å²) in [6.45, 7) is 3.92. The molecular formula is C13H16FN5O. The molecule has 2 rings (SSSR count). The van der Waals surface area contributed by atoms with Gasteiger partial charge >= 0.3 is 6.01 Å². The maximum absolute atomic E-state index is 13.5. The van der Waals surface area contributed by atoms with E-state index in [0.29, 0.717) is 23.6 Å². The smallest absolute Gasteiger partial charge is 0.322 e. The second-order valence-corrected chi connectivity index (χ2v) is 4.40. The second-order valence-electron chi connectivity index (χ2n) is 4.40. The molecule has 1 heterocycles. The number of ether oxygens (including phenoxy) is 1. The zero-order chi connectivity index (χ0) is 14.7. The minimum Gasteiger partial charge on any atom is -0.467 e. The number of rotatable bonds is 4. The van der Waals surface area contributed by atoms with Gasteiger partial charge in [-0.25, -0.2) is 4.39 Å². The normalized spacial score (nSPS) is 10.4. The Bertz CT molecular complexity index is 609. The standard InChI is InChI=1S/C13H16FN5O/c1-7-4-9(5-8(2)10(7)14)6-16-12-17-11(15)18-13(19-12)20-3/h4-5H,6H2,1-3H3,(H3,15,16,17,18,19). The summed E-state index contributed by atoms with van der Waals surface area (Å²) < 4.78 is 18.4. The van der Waals surface area contributed by atoms with Gasteiger partial charge in [-0.3, -0.25) is 0 Å². The van der Waals surface area contributed by atoms with E-state index in [-0.39, 0.29) is 17.8 Å². The van der Waals surface area contributed by atoms with E-state index >= 15 is 0 Å². The van der Waals surface area contributed by atoms with E-state index in [1.165, 1.54) is 7.11 Å². The first kappa shape index (κ1) is 14.0. The molecule has 3 N–H and O–H groups in total. The third kappa shape index (κ3) is 3.11. The Morgan fingerprint density at radius 3 is 2.45 bits per heavy atom. The molecule has 0 aliphatic carbocycles. The number of anilines is 2. The zero-order valence-electron chi connectivity index (χ0n) is 11.6. The van der Waals surface area contributed by atoms with Crippen LogP contribution in [0.3, 0.4) is 0 Å². The summed E-state index contributed by atoms with van der Waals surface area (Å²) in [5.41, 5.74) is 7.68. The first-order valence-corrected chi connectivity index (χ1v) is 6.04. The lowest BCUT2D eigenvalue weighted by Gasteiger charge is -2.09. The van der Waals surface area contributed by atoms with Gasteiger partial charge in [0.1, 0.15) is 5.82 Å². The highest BCUT2D eigenvalue weighted by Gasteiger charge is 2.07. The van der Waals surface area contributed by atoms with Crippen LogP contribution in [0.25, 0.3) is 0 Å². The van der Waals surface area contributed by atoms with Crippen LogP contribution in [0.5, 0.6) is 6.01 Å². The molecule has 20 heavy (non-hydrogen) atoms. The molecule has 106 valence electrons. The molecule has 0 atom stereocenters. The molecular weight excluding hydrogens is 261 g/mol.